The Labute approximate surface area is 101 Å². The highest BCUT2D eigenvalue weighted by Gasteiger charge is 1.87. The molecule has 0 amide bonds. The molecule has 0 unspecified atom stereocenters. The normalized spacial score (nSPS) is 12.3. The molecule has 0 radical (unpaired) electrons. The van der Waals surface area contributed by atoms with Crippen molar-refractivity contribution in [2.75, 3.05) is 19.6 Å². The summed E-state index contributed by atoms with van der Waals surface area (Å²) in [4.78, 5) is 0. The molecular weight excluding hydrogens is 196 g/mol. The number of unbranched alkanes of at least 4 members (excludes halogenated alkanes) is 3. The summed E-state index contributed by atoms with van der Waals surface area (Å²) in [6.45, 7) is 9.59. The Kier molecular flexibility index (Phi) is 11.7. The van der Waals surface area contributed by atoms with Gasteiger partial charge in [-0.15, -0.1) is 0 Å². The molecular formula is C14H28N2. The summed E-state index contributed by atoms with van der Waals surface area (Å²) in [5.41, 5.74) is 1.38. The van der Waals surface area contributed by atoms with Crippen molar-refractivity contribution in [2.45, 2.75) is 46.5 Å². The molecule has 0 atom stereocenters. The molecule has 0 rings (SSSR count). The highest BCUT2D eigenvalue weighted by Crippen LogP contribution is 1.99. The topological polar surface area (TPSA) is 24.1 Å². The van der Waals surface area contributed by atoms with Gasteiger partial charge in [-0.25, -0.2) is 0 Å². The van der Waals surface area contributed by atoms with E-state index in [-0.39, 0.29) is 0 Å². The summed E-state index contributed by atoms with van der Waals surface area (Å²) in [5.74, 6) is 0. The first-order valence-electron chi connectivity index (χ1n) is 6.52. The van der Waals surface area contributed by atoms with Gasteiger partial charge in [0, 0.05) is 6.54 Å². The molecule has 0 saturated heterocycles. The molecule has 0 aromatic rings. The number of hydrogen-bond acceptors (Lipinski definition) is 2. The zero-order valence-electron chi connectivity index (χ0n) is 11.2. The minimum absolute atomic E-state index is 0.966. The summed E-state index contributed by atoms with van der Waals surface area (Å²) >= 11 is 0. The fourth-order valence-corrected chi connectivity index (χ4v) is 1.35. The third-order valence-corrected chi connectivity index (χ3v) is 2.58. The highest BCUT2D eigenvalue weighted by atomic mass is 14.8. The maximum Gasteiger partial charge on any atom is 0.0351 e. The molecule has 2 N–H and O–H groups in total. The van der Waals surface area contributed by atoms with E-state index in [1.807, 2.05) is 0 Å². The van der Waals surface area contributed by atoms with Crippen molar-refractivity contribution < 1.29 is 0 Å². The third kappa shape index (κ3) is 11.3. The summed E-state index contributed by atoms with van der Waals surface area (Å²) < 4.78 is 0. The predicted molar refractivity (Wildman–Crippen MR) is 73.6 cm³/mol. The van der Waals surface area contributed by atoms with Crippen molar-refractivity contribution >= 4 is 0 Å². The molecule has 0 heterocycles. The van der Waals surface area contributed by atoms with E-state index < -0.39 is 0 Å². The van der Waals surface area contributed by atoms with Gasteiger partial charge in [0.05, 0.1) is 0 Å². The fourth-order valence-electron chi connectivity index (χ4n) is 1.35. The SMILES string of the molecule is C/C=C(\C)CN/C=C/CCCCCNCC. The molecule has 0 bridgehead atoms. The molecule has 2 heteroatoms. The first-order chi connectivity index (χ1) is 7.81. The molecule has 0 aliphatic rings. The average Bonchev–Trinajstić information content (AvgIpc) is 2.31. The van der Waals surface area contributed by atoms with Gasteiger partial charge >= 0.3 is 0 Å². The quantitative estimate of drug-likeness (QED) is 0.440. The van der Waals surface area contributed by atoms with Crippen LogP contribution in [0.25, 0.3) is 0 Å². The van der Waals surface area contributed by atoms with Crippen LogP contribution in [0.2, 0.25) is 0 Å². The second-order valence-corrected chi connectivity index (χ2v) is 4.12. The molecule has 0 fully saturated rings. The third-order valence-electron chi connectivity index (χ3n) is 2.58. The van der Waals surface area contributed by atoms with E-state index in [2.05, 4.69) is 49.8 Å². The lowest BCUT2D eigenvalue weighted by Gasteiger charge is -2.01. The Bertz CT molecular complexity index is 195. The van der Waals surface area contributed by atoms with E-state index in [0.29, 0.717) is 0 Å². The molecule has 0 aromatic heterocycles. The largest absolute Gasteiger partial charge is 0.387 e. The summed E-state index contributed by atoms with van der Waals surface area (Å²) in [7, 11) is 0. The second kappa shape index (κ2) is 12.3. The van der Waals surface area contributed by atoms with Crippen molar-refractivity contribution in [3.05, 3.63) is 23.9 Å². The van der Waals surface area contributed by atoms with E-state index >= 15 is 0 Å². The minimum Gasteiger partial charge on any atom is -0.387 e. The van der Waals surface area contributed by atoms with Gasteiger partial charge in [0.2, 0.25) is 0 Å². The van der Waals surface area contributed by atoms with E-state index in [1.165, 1.54) is 37.8 Å². The predicted octanol–water partition coefficient (Wildman–Crippen LogP) is 3.23. The Morgan fingerprint density at radius 1 is 1.19 bits per heavy atom. The van der Waals surface area contributed by atoms with Crippen LogP contribution in [0.15, 0.2) is 23.9 Å². The smallest absolute Gasteiger partial charge is 0.0351 e. The van der Waals surface area contributed by atoms with Crippen molar-refractivity contribution in [2.24, 2.45) is 0 Å². The van der Waals surface area contributed by atoms with Crippen LogP contribution < -0.4 is 10.6 Å². The first kappa shape index (κ1) is 15.2. The van der Waals surface area contributed by atoms with Crippen molar-refractivity contribution in [1.29, 1.82) is 0 Å². The van der Waals surface area contributed by atoms with Crippen LogP contribution in [0.1, 0.15) is 46.5 Å². The molecule has 94 valence electrons. The standard InChI is InChI=1S/C14H28N2/c1-4-14(3)13-16-12-10-8-6-7-9-11-15-5-2/h4,10,12,15-16H,5-9,11,13H2,1-3H3/b12-10+,14-4+. The lowest BCUT2D eigenvalue weighted by Crippen LogP contribution is -2.13. The van der Waals surface area contributed by atoms with E-state index in [9.17, 15) is 0 Å². The Balaban J connectivity index is 3.16. The van der Waals surface area contributed by atoms with E-state index in [1.54, 1.807) is 0 Å². The maximum atomic E-state index is 3.34. The van der Waals surface area contributed by atoms with E-state index in [0.717, 1.165) is 13.1 Å². The van der Waals surface area contributed by atoms with E-state index in [4.69, 9.17) is 0 Å². The van der Waals surface area contributed by atoms with Crippen LogP contribution in [0.5, 0.6) is 0 Å². The van der Waals surface area contributed by atoms with Gasteiger partial charge in [-0.05, 0) is 52.4 Å². The average molecular weight is 224 g/mol. The van der Waals surface area contributed by atoms with Crippen LogP contribution in [-0.2, 0) is 0 Å². The summed E-state index contributed by atoms with van der Waals surface area (Å²) in [6.07, 6.45) is 11.6. The maximum absolute atomic E-state index is 3.34. The molecule has 2 nitrogen and oxygen atoms in total. The Morgan fingerprint density at radius 2 is 2.00 bits per heavy atom. The number of hydrogen-bond donors (Lipinski definition) is 2. The van der Waals surface area contributed by atoms with Gasteiger partial charge in [0.25, 0.3) is 0 Å². The van der Waals surface area contributed by atoms with Crippen molar-refractivity contribution in [3.8, 4) is 0 Å². The lowest BCUT2D eigenvalue weighted by molar-refractivity contribution is 0.620. The van der Waals surface area contributed by atoms with Crippen LogP contribution in [0.3, 0.4) is 0 Å². The van der Waals surface area contributed by atoms with Crippen LogP contribution in [0, 0.1) is 0 Å². The van der Waals surface area contributed by atoms with Crippen LogP contribution >= 0.6 is 0 Å². The van der Waals surface area contributed by atoms with Gasteiger partial charge in [-0.1, -0.05) is 31.1 Å². The zero-order chi connectivity index (χ0) is 12.1. The number of allylic oxidation sites excluding steroid dienone is 2. The van der Waals surface area contributed by atoms with Gasteiger partial charge in [0.15, 0.2) is 0 Å². The Hall–Kier alpha value is -0.760. The highest BCUT2D eigenvalue weighted by molar-refractivity contribution is 4.99. The summed E-state index contributed by atoms with van der Waals surface area (Å²) in [5, 5.41) is 6.63. The van der Waals surface area contributed by atoms with Gasteiger partial charge in [-0.2, -0.15) is 0 Å². The molecule has 16 heavy (non-hydrogen) atoms. The molecule has 0 spiro atoms. The van der Waals surface area contributed by atoms with Crippen molar-refractivity contribution in [1.82, 2.24) is 10.6 Å². The molecule has 0 aliphatic heterocycles. The van der Waals surface area contributed by atoms with Crippen LogP contribution in [0.4, 0.5) is 0 Å². The second-order valence-electron chi connectivity index (χ2n) is 4.12. The van der Waals surface area contributed by atoms with Gasteiger partial charge < -0.3 is 10.6 Å². The van der Waals surface area contributed by atoms with Gasteiger partial charge in [0.1, 0.15) is 0 Å². The molecule has 0 aliphatic carbocycles. The summed E-state index contributed by atoms with van der Waals surface area (Å²) in [6, 6.07) is 0. The lowest BCUT2D eigenvalue weighted by atomic mass is 10.2. The fraction of sp³-hybridized carbons (Fsp3) is 0.714. The minimum atomic E-state index is 0.966. The molecule has 0 aromatic carbocycles. The monoisotopic (exact) mass is 224 g/mol. The zero-order valence-corrected chi connectivity index (χ0v) is 11.2. The Morgan fingerprint density at radius 3 is 2.69 bits per heavy atom. The first-order valence-corrected chi connectivity index (χ1v) is 6.52. The number of rotatable bonds is 10. The van der Waals surface area contributed by atoms with Crippen molar-refractivity contribution in [3.63, 3.8) is 0 Å². The number of nitrogens with one attached hydrogen (secondary N) is 2. The van der Waals surface area contributed by atoms with Crippen LogP contribution in [-0.4, -0.2) is 19.6 Å². The molecule has 0 saturated carbocycles. The van der Waals surface area contributed by atoms with Gasteiger partial charge in [-0.3, -0.25) is 0 Å².